The van der Waals surface area contributed by atoms with E-state index in [1.165, 1.54) is 62.5 Å². The van der Waals surface area contributed by atoms with Crippen LogP contribution in [-0.4, -0.2) is 8.07 Å². The molecule has 4 aliphatic rings. The van der Waals surface area contributed by atoms with Crippen LogP contribution in [0.3, 0.4) is 0 Å². The van der Waals surface area contributed by atoms with Crippen LogP contribution < -0.4 is 0 Å². The van der Waals surface area contributed by atoms with E-state index in [1.807, 2.05) is 0 Å². The first-order valence-corrected chi connectivity index (χ1v) is 28.0. The molecule has 0 N–H and O–H groups in total. The monoisotopic (exact) mass is 786 g/mol. The normalized spacial score (nSPS) is 30.0. The van der Waals surface area contributed by atoms with Crippen LogP contribution in [0.1, 0.15) is 154 Å². The number of halogens is 2. The third-order valence-corrected chi connectivity index (χ3v) is 21.1. The number of hydrogen-bond donors (Lipinski definition) is 0. The van der Waals surface area contributed by atoms with Crippen molar-refractivity contribution in [3.63, 3.8) is 0 Å². The van der Waals surface area contributed by atoms with Crippen LogP contribution >= 0.6 is 17.0 Å². The van der Waals surface area contributed by atoms with Gasteiger partial charge in [0.2, 0.25) is 0 Å². The Balaban J connectivity index is 0.00000121. The van der Waals surface area contributed by atoms with E-state index in [9.17, 15) is 0 Å². The van der Waals surface area contributed by atoms with Gasteiger partial charge in [0.1, 0.15) is 0 Å². The maximum absolute atomic E-state index is 4.93. The zero-order valence-electron chi connectivity index (χ0n) is 32.5. The second kappa shape index (κ2) is 17.8. The molecule has 0 amide bonds. The Bertz CT molecular complexity index is 1150. The summed E-state index contributed by atoms with van der Waals surface area (Å²) >= 11 is -0.826. The minimum absolute atomic E-state index is 0. The van der Waals surface area contributed by atoms with Gasteiger partial charge in [-0.25, -0.2) is 0 Å². The molecule has 2 aromatic carbocycles. The molecule has 268 valence electrons. The van der Waals surface area contributed by atoms with Gasteiger partial charge in [-0.15, -0.1) is 0 Å². The summed E-state index contributed by atoms with van der Waals surface area (Å²) in [6.45, 7) is 19.4. The fourth-order valence-corrected chi connectivity index (χ4v) is 19.1. The molecule has 4 heteroatoms. The summed E-state index contributed by atoms with van der Waals surface area (Å²) in [6, 6.07) is 23.0. The average Bonchev–Trinajstić information content (AvgIpc) is 3.68. The van der Waals surface area contributed by atoms with Gasteiger partial charge in [-0.3, -0.25) is 0 Å². The molecule has 0 aliphatic heterocycles. The third kappa shape index (κ3) is 8.66. The second-order valence-corrected chi connectivity index (χ2v) is 26.9. The van der Waals surface area contributed by atoms with Gasteiger partial charge in [0.05, 0.1) is 8.07 Å². The molecule has 4 fully saturated rings. The summed E-state index contributed by atoms with van der Waals surface area (Å²) in [6.07, 6.45) is 15.0. The summed E-state index contributed by atoms with van der Waals surface area (Å²) in [4.78, 5) is 0. The van der Waals surface area contributed by atoms with Crippen molar-refractivity contribution >= 4 is 25.1 Å². The molecule has 0 heterocycles. The molecule has 0 saturated heterocycles. The third-order valence-electron chi connectivity index (χ3n) is 14.1. The van der Waals surface area contributed by atoms with E-state index < -0.39 is 28.9 Å². The number of benzene rings is 2. The van der Waals surface area contributed by atoms with Gasteiger partial charge in [-0.2, -0.15) is 0 Å². The molecule has 0 bridgehead atoms. The zero-order valence-corrected chi connectivity index (χ0v) is 37.4. The van der Waals surface area contributed by atoms with E-state index in [-0.39, 0.29) is 25.7 Å². The Hall–Kier alpha value is 0.120. The molecule has 0 nitrogen and oxygen atoms in total. The van der Waals surface area contributed by atoms with Gasteiger partial charge in [-0.05, 0) is 105 Å². The quantitative estimate of drug-likeness (QED) is 0.202. The Kier molecular flexibility index (Phi) is 15.7. The molecule has 48 heavy (non-hydrogen) atoms. The van der Waals surface area contributed by atoms with Crippen molar-refractivity contribution in [2.24, 2.45) is 23.7 Å². The van der Waals surface area contributed by atoms with Crippen molar-refractivity contribution < 1.29 is 20.8 Å². The summed E-state index contributed by atoms with van der Waals surface area (Å²) in [7, 11) is 8.45. The predicted octanol–water partition coefficient (Wildman–Crippen LogP) is 15.1. The van der Waals surface area contributed by atoms with Crippen LogP contribution in [0.15, 0.2) is 48.5 Å². The van der Waals surface area contributed by atoms with E-state index in [2.05, 4.69) is 104 Å². The summed E-state index contributed by atoms with van der Waals surface area (Å²) in [5, 5.41) is 0. The van der Waals surface area contributed by atoms with Gasteiger partial charge in [0.15, 0.2) is 0 Å². The van der Waals surface area contributed by atoms with Gasteiger partial charge >= 0.3 is 37.9 Å². The van der Waals surface area contributed by atoms with Crippen LogP contribution in [0.2, 0.25) is 23.2 Å². The first-order chi connectivity index (χ1) is 21.9. The molecule has 0 radical (unpaired) electrons. The van der Waals surface area contributed by atoms with Crippen LogP contribution in [0.5, 0.6) is 0 Å². The molecular formula is C44H70Cl2SiZr. The van der Waals surface area contributed by atoms with Crippen molar-refractivity contribution in [2.75, 3.05) is 0 Å². The van der Waals surface area contributed by atoms with E-state index in [1.54, 1.807) is 36.1 Å². The average molecular weight is 789 g/mol. The SMILES string of the molecule is CC[Si](CC)(C1CCC2C(c3ccc(C(C)(C)C)cc3)CCCC21)C1CCC2C(c3ccc(C(C)(C)C)cc3)CCCC21.[CH3-].[CH3-].[Cl][Zr+2][Cl]. The number of hydrogen-bond acceptors (Lipinski definition) is 0. The van der Waals surface area contributed by atoms with Gasteiger partial charge in [-0.1, -0.05) is 155 Å². The van der Waals surface area contributed by atoms with Crippen molar-refractivity contribution in [1.29, 1.82) is 0 Å². The first kappa shape index (κ1) is 42.5. The van der Waals surface area contributed by atoms with Crippen LogP contribution in [0, 0.1) is 38.5 Å². The fraction of sp³-hybridized carbons (Fsp3) is 0.682. The van der Waals surface area contributed by atoms with E-state index in [4.69, 9.17) is 17.0 Å². The van der Waals surface area contributed by atoms with E-state index in [0.717, 1.165) is 46.6 Å². The van der Waals surface area contributed by atoms with Crippen molar-refractivity contribution in [1.82, 2.24) is 0 Å². The maximum atomic E-state index is 4.93. The minimum atomic E-state index is -1.42. The van der Waals surface area contributed by atoms with Crippen LogP contribution in [0.4, 0.5) is 0 Å². The Morgan fingerprint density at radius 1 is 0.542 bits per heavy atom. The van der Waals surface area contributed by atoms with Gasteiger partial charge in [0, 0.05) is 0 Å². The summed E-state index contributed by atoms with van der Waals surface area (Å²) < 4.78 is 0. The molecular weight excluding hydrogens is 719 g/mol. The molecule has 0 spiro atoms. The Morgan fingerprint density at radius 3 is 1.17 bits per heavy atom. The molecule has 6 rings (SSSR count). The fourth-order valence-electron chi connectivity index (χ4n) is 11.9. The van der Waals surface area contributed by atoms with Gasteiger partial charge < -0.3 is 14.9 Å². The Morgan fingerprint density at radius 2 is 0.875 bits per heavy atom. The van der Waals surface area contributed by atoms with Crippen molar-refractivity contribution in [3.05, 3.63) is 85.6 Å². The van der Waals surface area contributed by atoms with Crippen molar-refractivity contribution in [2.45, 2.75) is 165 Å². The molecule has 8 atom stereocenters. The predicted molar refractivity (Wildman–Crippen MR) is 215 cm³/mol. The molecule has 4 aliphatic carbocycles. The molecule has 4 saturated carbocycles. The van der Waals surface area contributed by atoms with Crippen LogP contribution in [0.25, 0.3) is 0 Å². The number of fused-ring (bicyclic) bond motifs is 2. The summed E-state index contributed by atoms with van der Waals surface area (Å²) in [5.41, 5.74) is 8.96. The molecule has 0 aromatic heterocycles. The topological polar surface area (TPSA) is 0 Å². The van der Waals surface area contributed by atoms with Crippen LogP contribution in [-0.2, 0) is 31.7 Å². The molecule has 2 aromatic rings. The standard InChI is InChI=1S/C42H64Si.2CH3.2ClH.Zr/c1-9-43(10-2,39-27-25-35-33(13-11-15-37(35)39)29-17-21-31(22-18-29)41(3,4)5)40-28-26-36-34(14-12-16-38(36)40)30-19-23-32(24-20-30)42(6,7)8;;;;;/h17-24,33-40H,9-16,25-28H2,1-8H3;2*1H3;2*1H;/q;2*-1;;;+4/p-2. The summed E-state index contributed by atoms with van der Waals surface area (Å²) in [5.74, 6) is 5.53. The first-order valence-electron chi connectivity index (χ1n) is 19.1. The number of rotatable bonds is 6. The van der Waals surface area contributed by atoms with Crippen molar-refractivity contribution in [3.8, 4) is 0 Å². The zero-order chi connectivity index (χ0) is 33.3. The van der Waals surface area contributed by atoms with E-state index in [0.29, 0.717) is 0 Å². The molecule has 8 unspecified atom stereocenters. The second-order valence-electron chi connectivity index (χ2n) is 17.9. The Labute approximate surface area is 318 Å². The van der Waals surface area contributed by atoms with E-state index >= 15 is 0 Å². The van der Waals surface area contributed by atoms with Gasteiger partial charge in [0.25, 0.3) is 0 Å².